The molecule has 4 aromatic rings. The van der Waals surface area contributed by atoms with E-state index in [-0.39, 0.29) is 16.5 Å². The van der Waals surface area contributed by atoms with Crippen LogP contribution in [0.3, 0.4) is 0 Å². The lowest BCUT2D eigenvalue weighted by Crippen LogP contribution is -2.42. The molecule has 1 N–H and O–H groups in total. The van der Waals surface area contributed by atoms with Gasteiger partial charge >= 0.3 is 0 Å². The molecule has 0 unspecified atom stereocenters. The highest BCUT2D eigenvalue weighted by Gasteiger charge is 2.30. The fourth-order valence-electron chi connectivity index (χ4n) is 4.42. The van der Waals surface area contributed by atoms with Crippen molar-refractivity contribution in [3.63, 3.8) is 0 Å². The van der Waals surface area contributed by atoms with E-state index in [2.05, 4.69) is 10.3 Å². The first kappa shape index (κ1) is 24.7. The highest BCUT2D eigenvalue weighted by atomic mass is 32.2. The molecule has 0 amide bonds. The number of sulfone groups is 1. The first-order chi connectivity index (χ1) is 17.1. The van der Waals surface area contributed by atoms with Crippen molar-refractivity contribution < 1.29 is 16.8 Å². The van der Waals surface area contributed by atoms with Crippen molar-refractivity contribution in [2.75, 3.05) is 24.7 Å². The van der Waals surface area contributed by atoms with Crippen molar-refractivity contribution in [1.29, 1.82) is 0 Å². The van der Waals surface area contributed by atoms with Crippen LogP contribution in [0.2, 0.25) is 0 Å². The quantitative estimate of drug-likeness (QED) is 0.393. The van der Waals surface area contributed by atoms with Crippen LogP contribution in [0.25, 0.3) is 16.8 Å². The van der Waals surface area contributed by atoms with E-state index in [0.29, 0.717) is 52.6 Å². The summed E-state index contributed by atoms with van der Waals surface area (Å²) in [6.07, 6.45) is 6.98. The first-order valence-corrected chi connectivity index (χ1v) is 15.4. The minimum atomic E-state index is -3.50. The Hall–Kier alpha value is -3.00. The van der Waals surface area contributed by atoms with Gasteiger partial charge in [-0.3, -0.25) is 9.20 Å². The summed E-state index contributed by atoms with van der Waals surface area (Å²) < 4.78 is 55.3. The van der Waals surface area contributed by atoms with Crippen molar-refractivity contribution in [1.82, 2.24) is 18.3 Å². The molecule has 0 spiro atoms. The third-order valence-corrected chi connectivity index (χ3v) is 10.7. The Morgan fingerprint density at radius 1 is 1.11 bits per heavy atom. The zero-order chi connectivity index (χ0) is 25.7. The van der Waals surface area contributed by atoms with Gasteiger partial charge in [0.15, 0.2) is 9.84 Å². The Kier molecular flexibility index (Phi) is 6.27. The lowest BCUT2D eigenvalue weighted by Gasteiger charge is -2.32. The molecular weight excluding hydrogens is 522 g/mol. The molecular formula is C23H25N5O5S3. The molecule has 0 bridgehead atoms. The number of rotatable bonds is 6. The normalized spacial score (nSPS) is 15.9. The number of piperidine rings is 1. The lowest BCUT2D eigenvalue weighted by atomic mass is 10.0. The number of hydrogen-bond acceptors (Lipinski definition) is 8. The van der Waals surface area contributed by atoms with Crippen LogP contribution in [0.15, 0.2) is 68.3 Å². The van der Waals surface area contributed by atoms with Crippen LogP contribution >= 0.6 is 11.3 Å². The zero-order valence-electron chi connectivity index (χ0n) is 19.7. The van der Waals surface area contributed by atoms with Gasteiger partial charge in [-0.25, -0.2) is 21.8 Å². The van der Waals surface area contributed by atoms with Crippen LogP contribution in [0.5, 0.6) is 0 Å². The summed E-state index contributed by atoms with van der Waals surface area (Å²) in [7, 11) is -5.35. The number of aromatic nitrogens is 3. The number of thiophene rings is 1. The second kappa shape index (κ2) is 9.14. The third kappa shape index (κ3) is 4.47. The van der Waals surface area contributed by atoms with Crippen LogP contribution in [-0.4, -0.2) is 60.5 Å². The minimum absolute atomic E-state index is 0.0200. The topological polar surface area (TPSA) is 123 Å². The number of imidazole rings is 1. The van der Waals surface area contributed by atoms with E-state index in [1.807, 2.05) is 0 Å². The van der Waals surface area contributed by atoms with Gasteiger partial charge in [0.1, 0.15) is 9.73 Å². The Morgan fingerprint density at radius 3 is 2.53 bits per heavy atom. The average Bonchev–Trinajstić information content (AvgIpc) is 3.55. The Labute approximate surface area is 212 Å². The fourth-order valence-corrected chi connectivity index (χ4v) is 7.68. The van der Waals surface area contributed by atoms with Crippen LogP contribution in [0.4, 0.5) is 5.69 Å². The van der Waals surface area contributed by atoms with E-state index in [0.717, 1.165) is 6.26 Å². The summed E-state index contributed by atoms with van der Waals surface area (Å²) in [5.41, 5.74) is 2.05. The molecule has 1 fully saturated rings. The molecule has 190 valence electrons. The van der Waals surface area contributed by atoms with Crippen LogP contribution in [0, 0.1) is 0 Å². The van der Waals surface area contributed by atoms with Gasteiger partial charge in [-0.1, -0.05) is 6.07 Å². The van der Waals surface area contributed by atoms with E-state index < -0.39 is 19.9 Å². The first-order valence-electron chi connectivity index (χ1n) is 11.2. The van der Waals surface area contributed by atoms with Gasteiger partial charge in [0.05, 0.1) is 23.1 Å². The largest absolute Gasteiger partial charge is 0.382 e. The van der Waals surface area contributed by atoms with Crippen molar-refractivity contribution in [2.24, 2.45) is 7.05 Å². The summed E-state index contributed by atoms with van der Waals surface area (Å²) in [6, 6.07) is 8.17. The summed E-state index contributed by atoms with van der Waals surface area (Å²) in [4.78, 5) is 16.8. The molecule has 0 aliphatic carbocycles. The smallest absolute Gasteiger partial charge is 0.276 e. The maximum absolute atomic E-state index is 12.9. The van der Waals surface area contributed by atoms with E-state index >= 15 is 0 Å². The second-order valence-corrected chi connectivity index (χ2v) is 13.9. The molecule has 0 radical (unpaired) electrons. The number of sulfonamides is 1. The van der Waals surface area contributed by atoms with Crippen LogP contribution < -0.4 is 10.9 Å². The van der Waals surface area contributed by atoms with E-state index in [1.165, 1.54) is 32.7 Å². The molecule has 4 heterocycles. The summed E-state index contributed by atoms with van der Waals surface area (Å²) in [6.45, 7) is 0.751. The summed E-state index contributed by atoms with van der Waals surface area (Å²) in [5, 5.41) is 5.24. The van der Waals surface area contributed by atoms with Gasteiger partial charge in [-0.05, 0) is 42.5 Å². The summed E-state index contributed by atoms with van der Waals surface area (Å²) >= 11 is 1.21. The number of fused-ring (bicyclic) bond motifs is 1. The van der Waals surface area contributed by atoms with E-state index in [1.54, 1.807) is 53.4 Å². The van der Waals surface area contributed by atoms with Gasteiger partial charge in [0.25, 0.3) is 15.6 Å². The predicted molar refractivity (Wildman–Crippen MR) is 139 cm³/mol. The SMILES string of the molecule is Cn1cc(-c2cc(S(C)(=O)=O)ccc2NC2CCN(S(=O)(=O)c3cccs3)CC2)n2cncc2c1=O. The Bertz CT molecular complexity index is 1700. The maximum Gasteiger partial charge on any atom is 0.276 e. The molecule has 1 aromatic carbocycles. The van der Waals surface area contributed by atoms with Crippen molar-refractivity contribution in [2.45, 2.75) is 28.0 Å². The average molecular weight is 548 g/mol. The Morgan fingerprint density at radius 2 is 1.86 bits per heavy atom. The number of hydrogen-bond donors (Lipinski definition) is 1. The minimum Gasteiger partial charge on any atom is -0.382 e. The van der Waals surface area contributed by atoms with Gasteiger partial charge in [0.2, 0.25) is 0 Å². The third-order valence-electron chi connectivity index (χ3n) is 6.35. The molecule has 13 heteroatoms. The van der Waals surface area contributed by atoms with Crippen molar-refractivity contribution >= 4 is 42.4 Å². The van der Waals surface area contributed by atoms with Gasteiger partial charge in [-0.15, -0.1) is 11.3 Å². The van der Waals surface area contributed by atoms with E-state index in [4.69, 9.17) is 0 Å². The van der Waals surface area contributed by atoms with Crippen LogP contribution in [-0.2, 0) is 26.9 Å². The molecule has 1 aliphatic rings. The maximum atomic E-state index is 12.9. The lowest BCUT2D eigenvalue weighted by molar-refractivity contribution is 0.330. The highest BCUT2D eigenvalue weighted by Crippen LogP contribution is 2.33. The molecule has 5 rings (SSSR count). The summed E-state index contributed by atoms with van der Waals surface area (Å²) in [5.74, 6) is 0. The number of nitrogens with zero attached hydrogens (tertiary/aromatic N) is 4. The number of nitrogens with one attached hydrogen (secondary N) is 1. The molecule has 0 atom stereocenters. The van der Waals surface area contributed by atoms with E-state index in [9.17, 15) is 21.6 Å². The van der Waals surface area contributed by atoms with Gasteiger partial charge in [-0.2, -0.15) is 4.31 Å². The molecule has 1 saturated heterocycles. The number of anilines is 1. The Balaban J connectivity index is 1.48. The zero-order valence-corrected chi connectivity index (χ0v) is 22.1. The standard InChI is InChI=1S/C23H25N5O5S3/c1-26-14-21(28-15-24-13-20(28)23(26)29)18-12-17(35(2,30)31)5-6-19(18)25-16-7-9-27(10-8-16)36(32,33)22-4-3-11-34-22/h3-6,11-16,25H,7-10H2,1-2H3. The highest BCUT2D eigenvalue weighted by molar-refractivity contribution is 7.91. The fraction of sp³-hybridized carbons (Fsp3) is 0.304. The van der Waals surface area contributed by atoms with Gasteiger partial charge < -0.3 is 9.88 Å². The van der Waals surface area contributed by atoms with Gasteiger partial charge in [0, 0.05) is 49.9 Å². The molecule has 10 nitrogen and oxygen atoms in total. The predicted octanol–water partition coefficient (Wildman–Crippen LogP) is 2.43. The van der Waals surface area contributed by atoms with Crippen LogP contribution in [0.1, 0.15) is 12.8 Å². The molecule has 36 heavy (non-hydrogen) atoms. The number of aryl methyl sites for hydroxylation is 1. The molecule has 0 saturated carbocycles. The molecule has 3 aromatic heterocycles. The number of benzene rings is 1. The van der Waals surface area contributed by atoms with Crippen molar-refractivity contribution in [3.8, 4) is 11.3 Å². The molecule has 1 aliphatic heterocycles. The van der Waals surface area contributed by atoms with Crippen molar-refractivity contribution in [3.05, 3.63) is 64.8 Å². The second-order valence-electron chi connectivity index (χ2n) is 8.81. The monoisotopic (exact) mass is 547 g/mol.